The van der Waals surface area contributed by atoms with Crippen LogP contribution in [-0.2, 0) is 15.7 Å². The number of carbonyl (C=O) groups is 3. The summed E-state index contributed by atoms with van der Waals surface area (Å²) >= 11 is 0. The number of amides is 3. The molecular formula is C17H21F3N4O4. The number of ether oxygens (including phenoxy) is 1. The Kier molecular flexibility index (Phi) is 5.58. The number of halogens is 3. The molecule has 0 atom stereocenters. The minimum absolute atomic E-state index is 0.278. The monoisotopic (exact) mass is 402 g/mol. The summed E-state index contributed by atoms with van der Waals surface area (Å²) in [5.41, 5.74) is 0.266. The van der Waals surface area contributed by atoms with Crippen molar-refractivity contribution in [1.29, 1.82) is 0 Å². The first-order valence-electron chi connectivity index (χ1n) is 8.43. The zero-order chi connectivity index (χ0) is 21.3. The number of nitrogens with one attached hydrogen (secondary N) is 2. The van der Waals surface area contributed by atoms with E-state index in [9.17, 15) is 27.6 Å². The van der Waals surface area contributed by atoms with E-state index in [0.717, 1.165) is 6.20 Å². The first-order valence-corrected chi connectivity index (χ1v) is 8.43. The Labute approximate surface area is 159 Å². The van der Waals surface area contributed by atoms with Gasteiger partial charge in [0.15, 0.2) is 0 Å². The van der Waals surface area contributed by atoms with Crippen LogP contribution < -0.4 is 16.4 Å². The first kappa shape index (κ1) is 21.5. The minimum atomic E-state index is -4.89. The lowest BCUT2D eigenvalue weighted by Gasteiger charge is -2.40. The molecule has 1 saturated carbocycles. The highest BCUT2D eigenvalue weighted by molar-refractivity contribution is 6.01. The number of nitrogens with two attached hydrogens (primary N) is 1. The second-order valence-corrected chi connectivity index (χ2v) is 7.50. The fourth-order valence-electron chi connectivity index (χ4n) is 2.63. The van der Waals surface area contributed by atoms with Crippen molar-refractivity contribution in [3.8, 4) is 0 Å². The van der Waals surface area contributed by atoms with Gasteiger partial charge in [0, 0.05) is 0 Å². The molecule has 1 aliphatic carbocycles. The van der Waals surface area contributed by atoms with Gasteiger partial charge in [-0.2, -0.15) is 13.2 Å². The summed E-state index contributed by atoms with van der Waals surface area (Å²) in [5.74, 6) is -2.04. The first-order chi connectivity index (χ1) is 12.7. The third kappa shape index (κ3) is 4.90. The van der Waals surface area contributed by atoms with Gasteiger partial charge in [-0.05, 0) is 46.1 Å². The fourth-order valence-corrected chi connectivity index (χ4v) is 2.63. The summed E-state index contributed by atoms with van der Waals surface area (Å²) in [4.78, 5) is 39.2. The Balaban J connectivity index is 2.21. The molecule has 154 valence electrons. The molecule has 0 aliphatic heterocycles. The highest BCUT2D eigenvalue weighted by Crippen LogP contribution is 2.35. The molecule has 11 heteroatoms. The van der Waals surface area contributed by atoms with Crippen LogP contribution >= 0.6 is 0 Å². The third-order valence-corrected chi connectivity index (χ3v) is 4.07. The maximum absolute atomic E-state index is 13.1. The predicted molar refractivity (Wildman–Crippen MR) is 92.3 cm³/mol. The van der Waals surface area contributed by atoms with Crippen LogP contribution in [0.5, 0.6) is 0 Å². The molecule has 28 heavy (non-hydrogen) atoms. The number of pyridine rings is 1. The van der Waals surface area contributed by atoms with Crippen molar-refractivity contribution >= 4 is 23.6 Å². The lowest BCUT2D eigenvalue weighted by molar-refractivity contribution is -0.138. The SMILES string of the molecule is CC(C)(C)OC(=O)NC1(C(=O)Nc2cnc(C(N)=O)c(C(F)(F)F)c2)CCC1. The van der Waals surface area contributed by atoms with Crippen molar-refractivity contribution < 1.29 is 32.3 Å². The third-order valence-electron chi connectivity index (χ3n) is 4.07. The topological polar surface area (TPSA) is 123 Å². The van der Waals surface area contributed by atoms with Gasteiger partial charge in [-0.25, -0.2) is 9.78 Å². The van der Waals surface area contributed by atoms with Crippen LogP contribution in [0.25, 0.3) is 0 Å². The largest absolute Gasteiger partial charge is 0.444 e. The second kappa shape index (κ2) is 7.28. The van der Waals surface area contributed by atoms with E-state index in [1.54, 1.807) is 20.8 Å². The van der Waals surface area contributed by atoms with Gasteiger partial charge < -0.3 is 21.1 Å². The lowest BCUT2D eigenvalue weighted by Crippen LogP contribution is -2.61. The van der Waals surface area contributed by atoms with Crippen LogP contribution in [0, 0.1) is 0 Å². The normalized spacial score (nSPS) is 15.9. The minimum Gasteiger partial charge on any atom is -0.444 e. The zero-order valence-electron chi connectivity index (χ0n) is 15.6. The molecule has 0 radical (unpaired) electrons. The Morgan fingerprint density at radius 2 is 1.82 bits per heavy atom. The van der Waals surface area contributed by atoms with E-state index in [4.69, 9.17) is 10.5 Å². The number of rotatable bonds is 4. The molecule has 8 nitrogen and oxygen atoms in total. The van der Waals surface area contributed by atoms with Gasteiger partial charge in [-0.1, -0.05) is 0 Å². The number of primary amides is 1. The Hall–Kier alpha value is -2.85. The van der Waals surface area contributed by atoms with Gasteiger partial charge in [0.25, 0.3) is 5.91 Å². The Bertz CT molecular complexity index is 799. The molecule has 0 bridgehead atoms. The van der Waals surface area contributed by atoms with Crippen molar-refractivity contribution in [2.45, 2.75) is 57.3 Å². The quantitative estimate of drug-likeness (QED) is 0.714. The second-order valence-electron chi connectivity index (χ2n) is 7.50. The summed E-state index contributed by atoms with van der Waals surface area (Å²) < 4.78 is 44.5. The van der Waals surface area contributed by atoms with E-state index in [1.165, 1.54) is 0 Å². The highest BCUT2D eigenvalue weighted by Gasteiger charge is 2.46. The summed E-state index contributed by atoms with van der Waals surface area (Å²) in [5, 5.41) is 4.80. The summed E-state index contributed by atoms with van der Waals surface area (Å²) in [7, 11) is 0. The van der Waals surface area contributed by atoms with E-state index in [-0.39, 0.29) is 5.69 Å². The van der Waals surface area contributed by atoms with Gasteiger partial charge in [0.05, 0.1) is 17.4 Å². The van der Waals surface area contributed by atoms with Crippen LogP contribution in [0.15, 0.2) is 12.3 Å². The number of carbonyl (C=O) groups excluding carboxylic acids is 3. The Morgan fingerprint density at radius 1 is 1.21 bits per heavy atom. The van der Waals surface area contributed by atoms with Gasteiger partial charge in [0.1, 0.15) is 16.8 Å². The predicted octanol–water partition coefficient (Wildman–Crippen LogP) is 2.59. The molecule has 1 aliphatic rings. The van der Waals surface area contributed by atoms with Crippen molar-refractivity contribution in [3.63, 3.8) is 0 Å². The summed E-state index contributed by atoms with van der Waals surface area (Å²) in [6.07, 6.45) is -3.54. The Morgan fingerprint density at radius 3 is 2.25 bits per heavy atom. The van der Waals surface area contributed by atoms with E-state index in [1.807, 2.05) is 0 Å². The average Bonchev–Trinajstić information content (AvgIpc) is 2.47. The maximum atomic E-state index is 13.1. The van der Waals surface area contributed by atoms with Crippen LogP contribution in [-0.4, -0.2) is 34.0 Å². The molecule has 3 amide bonds. The number of nitrogens with zero attached hydrogens (tertiary/aromatic N) is 1. The van der Waals surface area contributed by atoms with E-state index in [2.05, 4.69) is 15.6 Å². The average molecular weight is 402 g/mol. The van der Waals surface area contributed by atoms with Gasteiger partial charge in [-0.15, -0.1) is 0 Å². The van der Waals surface area contributed by atoms with E-state index in [0.29, 0.717) is 25.3 Å². The van der Waals surface area contributed by atoms with E-state index >= 15 is 0 Å². The molecule has 1 aromatic heterocycles. The maximum Gasteiger partial charge on any atom is 0.418 e. The van der Waals surface area contributed by atoms with Crippen molar-refractivity contribution in [2.24, 2.45) is 5.73 Å². The highest BCUT2D eigenvalue weighted by atomic mass is 19.4. The molecule has 0 spiro atoms. The van der Waals surface area contributed by atoms with Gasteiger partial charge in [0.2, 0.25) is 5.91 Å². The smallest absolute Gasteiger partial charge is 0.418 e. The number of anilines is 1. The van der Waals surface area contributed by atoms with Crippen LogP contribution in [0.1, 0.15) is 56.1 Å². The van der Waals surface area contributed by atoms with Crippen LogP contribution in [0.2, 0.25) is 0 Å². The molecule has 4 N–H and O–H groups in total. The molecule has 1 heterocycles. The number of hydrogen-bond donors (Lipinski definition) is 3. The number of alkyl halides is 3. The molecular weight excluding hydrogens is 381 g/mol. The lowest BCUT2D eigenvalue weighted by atomic mass is 9.76. The number of alkyl carbamates (subject to hydrolysis) is 1. The zero-order valence-corrected chi connectivity index (χ0v) is 15.6. The van der Waals surface area contributed by atoms with Crippen molar-refractivity contribution in [3.05, 3.63) is 23.5 Å². The van der Waals surface area contributed by atoms with Crippen LogP contribution in [0.4, 0.5) is 23.7 Å². The summed E-state index contributed by atoms with van der Waals surface area (Å²) in [6.45, 7) is 4.97. The van der Waals surface area contributed by atoms with E-state index < -0.39 is 46.5 Å². The standard InChI is InChI=1S/C17H21F3N4O4/c1-15(2,3)28-14(27)24-16(5-4-6-16)13(26)23-9-7-10(17(18,19)20)11(12(21)25)22-8-9/h7-8H,4-6H2,1-3H3,(H2,21,25)(H,23,26)(H,24,27). The molecule has 1 fully saturated rings. The molecule has 2 rings (SSSR count). The number of hydrogen-bond acceptors (Lipinski definition) is 5. The van der Waals surface area contributed by atoms with Crippen molar-refractivity contribution in [1.82, 2.24) is 10.3 Å². The summed E-state index contributed by atoms with van der Waals surface area (Å²) in [6, 6.07) is 0.574. The number of aromatic nitrogens is 1. The molecule has 0 saturated heterocycles. The molecule has 0 unspecified atom stereocenters. The fraction of sp³-hybridized carbons (Fsp3) is 0.529. The van der Waals surface area contributed by atoms with Crippen LogP contribution in [0.3, 0.4) is 0 Å². The van der Waals surface area contributed by atoms with Gasteiger partial charge >= 0.3 is 12.3 Å². The molecule has 0 aromatic carbocycles. The molecule has 1 aromatic rings. The van der Waals surface area contributed by atoms with Crippen molar-refractivity contribution in [2.75, 3.05) is 5.32 Å². The van der Waals surface area contributed by atoms with Gasteiger partial charge in [-0.3, -0.25) is 9.59 Å².